The number of aromatic nitrogens is 3. The van der Waals surface area contributed by atoms with Crippen molar-refractivity contribution in [3.8, 4) is 0 Å². The quantitative estimate of drug-likeness (QED) is 0.892. The minimum Gasteiger partial charge on any atom is -0.347 e. The van der Waals surface area contributed by atoms with Gasteiger partial charge in [0.15, 0.2) is 0 Å². The maximum absolute atomic E-state index is 12.8. The third kappa shape index (κ3) is 2.72. The molecule has 0 bridgehead atoms. The average Bonchev–Trinajstić information content (AvgIpc) is 3.33. The number of hydrogen-bond acceptors (Lipinski definition) is 5. The normalized spacial score (nSPS) is 21.6. The van der Waals surface area contributed by atoms with Crippen molar-refractivity contribution in [1.82, 2.24) is 25.0 Å². The molecular formula is C18H23N5O2S. The smallest absolute Gasteiger partial charge is 0.289 e. The van der Waals surface area contributed by atoms with Gasteiger partial charge in [0.2, 0.25) is 5.82 Å². The third-order valence-electron chi connectivity index (χ3n) is 5.20. The van der Waals surface area contributed by atoms with Crippen LogP contribution in [-0.2, 0) is 12.0 Å². The van der Waals surface area contributed by atoms with Crippen LogP contribution in [0.5, 0.6) is 0 Å². The molecule has 1 spiro atoms. The van der Waals surface area contributed by atoms with E-state index in [9.17, 15) is 9.59 Å². The van der Waals surface area contributed by atoms with E-state index < -0.39 is 0 Å². The fourth-order valence-electron chi connectivity index (χ4n) is 4.02. The number of fused-ring (bicyclic) bond motifs is 2. The highest BCUT2D eigenvalue weighted by atomic mass is 32.1. The van der Waals surface area contributed by atoms with Gasteiger partial charge >= 0.3 is 0 Å². The van der Waals surface area contributed by atoms with Crippen LogP contribution in [0.3, 0.4) is 0 Å². The van der Waals surface area contributed by atoms with Crippen molar-refractivity contribution in [3.63, 3.8) is 0 Å². The molecule has 0 aliphatic carbocycles. The number of aryl methyl sites for hydroxylation is 2. The lowest BCUT2D eigenvalue weighted by Crippen LogP contribution is -2.40. The Morgan fingerprint density at radius 2 is 2.12 bits per heavy atom. The van der Waals surface area contributed by atoms with Gasteiger partial charge in [0, 0.05) is 25.6 Å². The van der Waals surface area contributed by atoms with E-state index in [2.05, 4.69) is 15.5 Å². The van der Waals surface area contributed by atoms with Gasteiger partial charge < -0.3 is 10.2 Å². The Morgan fingerprint density at radius 1 is 1.31 bits per heavy atom. The highest BCUT2D eigenvalue weighted by molar-refractivity contribution is 7.12. The van der Waals surface area contributed by atoms with Crippen LogP contribution in [-0.4, -0.2) is 50.6 Å². The molecule has 2 amide bonds. The summed E-state index contributed by atoms with van der Waals surface area (Å²) in [6, 6.07) is 1.98. The van der Waals surface area contributed by atoms with Crippen LogP contribution in [0, 0.1) is 6.92 Å². The molecule has 2 aromatic rings. The molecule has 1 fully saturated rings. The summed E-state index contributed by atoms with van der Waals surface area (Å²) in [5.74, 6) is 1.10. The van der Waals surface area contributed by atoms with Crippen molar-refractivity contribution >= 4 is 23.2 Å². The standard InChI is InChI=1S/C18H23N5O2S/c1-11(2)19-16(24)15-21-20-14-4-5-18(23(14)15)6-7-22(10-18)17(25)13-8-12(3)9-26-13/h8-9,11H,4-7,10H2,1-3H3,(H,19,24). The van der Waals surface area contributed by atoms with E-state index in [1.165, 1.54) is 11.3 Å². The van der Waals surface area contributed by atoms with Crippen molar-refractivity contribution in [2.75, 3.05) is 13.1 Å². The lowest BCUT2D eigenvalue weighted by atomic mass is 9.95. The summed E-state index contributed by atoms with van der Waals surface area (Å²) in [7, 11) is 0. The fraction of sp³-hybridized carbons (Fsp3) is 0.556. The number of amides is 2. The van der Waals surface area contributed by atoms with Crippen LogP contribution >= 0.6 is 11.3 Å². The molecule has 8 heteroatoms. The molecule has 26 heavy (non-hydrogen) atoms. The first-order valence-corrected chi connectivity index (χ1v) is 9.88. The summed E-state index contributed by atoms with van der Waals surface area (Å²) in [5.41, 5.74) is 0.853. The predicted octanol–water partition coefficient (Wildman–Crippen LogP) is 1.97. The van der Waals surface area contributed by atoms with Gasteiger partial charge in [-0.15, -0.1) is 21.5 Å². The van der Waals surface area contributed by atoms with Crippen LogP contribution in [0.15, 0.2) is 11.4 Å². The maximum Gasteiger partial charge on any atom is 0.289 e. The number of nitrogens with one attached hydrogen (secondary N) is 1. The fourth-order valence-corrected chi connectivity index (χ4v) is 4.89. The number of rotatable bonds is 3. The summed E-state index contributed by atoms with van der Waals surface area (Å²) in [6.45, 7) is 7.15. The van der Waals surface area contributed by atoms with Gasteiger partial charge in [0.1, 0.15) is 5.82 Å². The van der Waals surface area contributed by atoms with Crippen molar-refractivity contribution in [3.05, 3.63) is 33.5 Å². The molecule has 0 aromatic carbocycles. The summed E-state index contributed by atoms with van der Waals surface area (Å²) in [6.07, 6.45) is 2.52. The Balaban J connectivity index is 1.60. The van der Waals surface area contributed by atoms with Crippen LogP contribution in [0.1, 0.15) is 58.4 Å². The lowest BCUT2D eigenvalue weighted by Gasteiger charge is -2.27. The summed E-state index contributed by atoms with van der Waals surface area (Å²) < 4.78 is 2.00. The van der Waals surface area contributed by atoms with Crippen molar-refractivity contribution in [1.29, 1.82) is 0 Å². The minimum atomic E-state index is -0.259. The van der Waals surface area contributed by atoms with Crippen LogP contribution in [0.2, 0.25) is 0 Å². The first-order valence-electron chi connectivity index (χ1n) is 9.00. The van der Waals surface area contributed by atoms with Gasteiger partial charge in [-0.05, 0) is 50.6 Å². The summed E-state index contributed by atoms with van der Waals surface area (Å²) in [4.78, 5) is 28.1. The molecular weight excluding hydrogens is 350 g/mol. The van der Waals surface area contributed by atoms with E-state index in [4.69, 9.17) is 0 Å². The Bertz CT molecular complexity index is 871. The van der Waals surface area contributed by atoms with Gasteiger partial charge in [-0.1, -0.05) is 0 Å². The molecule has 1 saturated heterocycles. The maximum atomic E-state index is 12.8. The van der Waals surface area contributed by atoms with Gasteiger partial charge in [-0.25, -0.2) is 0 Å². The number of hydrogen-bond donors (Lipinski definition) is 1. The van der Waals surface area contributed by atoms with E-state index >= 15 is 0 Å². The van der Waals surface area contributed by atoms with Gasteiger partial charge in [-0.2, -0.15) is 0 Å². The van der Waals surface area contributed by atoms with Crippen molar-refractivity contribution < 1.29 is 9.59 Å². The minimum absolute atomic E-state index is 0.0384. The second-order valence-corrected chi connectivity index (χ2v) is 8.50. The number of nitrogens with zero attached hydrogens (tertiary/aromatic N) is 4. The van der Waals surface area contributed by atoms with E-state index in [1.807, 2.05) is 41.7 Å². The van der Waals surface area contributed by atoms with Gasteiger partial charge in [0.05, 0.1) is 10.4 Å². The predicted molar refractivity (Wildman–Crippen MR) is 98.5 cm³/mol. The second kappa shape index (κ2) is 6.19. The molecule has 138 valence electrons. The van der Waals surface area contributed by atoms with Crippen molar-refractivity contribution in [2.45, 2.75) is 51.6 Å². The zero-order valence-electron chi connectivity index (χ0n) is 15.3. The average molecular weight is 373 g/mol. The molecule has 2 aliphatic rings. The molecule has 2 aliphatic heterocycles. The number of carbonyl (C=O) groups excluding carboxylic acids is 2. The first-order chi connectivity index (χ1) is 12.4. The molecule has 4 heterocycles. The SMILES string of the molecule is Cc1csc(C(=O)N2CCC3(CCc4nnc(C(=O)NC(C)C)n43)C2)c1. The molecule has 4 rings (SSSR count). The van der Waals surface area contributed by atoms with E-state index in [1.54, 1.807) is 0 Å². The number of likely N-dealkylation sites (tertiary alicyclic amines) is 1. The largest absolute Gasteiger partial charge is 0.347 e. The van der Waals surface area contributed by atoms with E-state index in [0.717, 1.165) is 35.5 Å². The zero-order valence-corrected chi connectivity index (χ0v) is 16.1. The van der Waals surface area contributed by atoms with E-state index in [-0.39, 0.29) is 23.4 Å². The van der Waals surface area contributed by atoms with Crippen molar-refractivity contribution in [2.24, 2.45) is 0 Å². The molecule has 7 nitrogen and oxygen atoms in total. The number of thiophene rings is 1. The topological polar surface area (TPSA) is 80.1 Å². The van der Waals surface area contributed by atoms with Crippen LogP contribution in [0.4, 0.5) is 0 Å². The van der Waals surface area contributed by atoms with Gasteiger partial charge in [0.25, 0.3) is 11.8 Å². The molecule has 1 N–H and O–H groups in total. The first kappa shape index (κ1) is 17.2. The molecule has 0 saturated carbocycles. The Hall–Kier alpha value is -2.22. The Kier molecular flexibility index (Phi) is 4.10. The Labute approximate surface area is 156 Å². The zero-order chi connectivity index (χ0) is 18.5. The molecule has 0 radical (unpaired) electrons. The highest BCUT2D eigenvalue weighted by Crippen LogP contribution is 2.41. The number of carbonyl (C=O) groups is 2. The Morgan fingerprint density at radius 3 is 2.81 bits per heavy atom. The molecule has 1 atom stereocenters. The van der Waals surface area contributed by atoms with Gasteiger partial charge in [-0.3, -0.25) is 14.2 Å². The monoisotopic (exact) mass is 373 g/mol. The molecule has 1 unspecified atom stereocenters. The van der Waals surface area contributed by atoms with Crippen LogP contribution < -0.4 is 5.32 Å². The van der Waals surface area contributed by atoms with E-state index in [0.29, 0.717) is 18.9 Å². The second-order valence-electron chi connectivity index (χ2n) is 7.59. The summed E-state index contributed by atoms with van der Waals surface area (Å²) >= 11 is 1.49. The highest BCUT2D eigenvalue weighted by Gasteiger charge is 2.48. The van der Waals surface area contributed by atoms with Crippen LogP contribution in [0.25, 0.3) is 0 Å². The lowest BCUT2D eigenvalue weighted by molar-refractivity contribution is 0.0779. The summed E-state index contributed by atoms with van der Waals surface area (Å²) in [5, 5.41) is 13.3. The third-order valence-corrected chi connectivity index (χ3v) is 6.24. The molecule has 2 aromatic heterocycles.